The summed E-state index contributed by atoms with van der Waals surface area (Å²) in [5, 5.41) is 3.65. The molecule has 1 aromatic rings. The summed E-state index contributed by atoms with van der Waals surface area (Å²) in [5.41, 5.74) is 1.35. The summed E-state index contributed by atoms with van der Waals surface area (Å²) in [6, 6.07) is 8.87. The molecule has 1 saturated heterocycles. The number of para-hydroxylation sites is 1. The van der Waals surface area contributed by atoms with Gasteiger partial charge in [-0.2, -0.15) is 0 Å². The summed E-state index contributed by atoms with van der Waals surface area (Å²) in [6.07, 6.45) is 3.60. The molecule has 0 aromatic heterocycles. The average molecular weight is 261 g/mol. The number of rotatable bonds is 4. The van der Waals surface area contributed by atoms with Gasteiger partial charge in [0.2, 0.25) is 0 Å². The predicted molar refractivity (Wildman–Crippen MR) is 75.6 cm³/mol. The third kappa shape index (κ3) is 2.77. The fraction of sp³-hybridized carbons (Fsp3) is 0.625. The zero-order valence-corrected chi connectivity index (χ0v) is 11.6. The van der Waals surface area contributed by atoms with Gasteiger partial charge in [0.1, 0.15) is 11.9 Å². The van der Waals surface area contributed by atoms with Crippen LogP contribution in [0.2, 0.25) is 0 Å². The van der Waals surface area contributed by atoms with Crippen molar-refractivity contribution in [2.75, 3.05) is 19.8 Å². The van der Waals surface area contributed by atoms with E-state index < -0.39 is 0 Å². The Kier molecular flexibility index (Phi) is 4.04. The van der Waals surface area contributed by atoms with Crippen LogP contribution in [-0.2, 0) is 11.2 Å². The lowest BCUT2D eigenvalue weighted by atomic mass is 9.86. The zero-order valence-electron chi connectivity index (χ0n) is 11.6. The van der Waals surface area contributed by atoms with Gasteiger partial charge in [0.05, 0.1) is 0 Å². The lowest BCUT2D eigenvalue weighted by Gasteiger charge is -2.34. The Bertz CT molecular complexity index is 390. The summed E-state index contributed by atoms with van der Waals surface area (Å²) in [4.78, 5) is 0. The largest absolute Gasteiger partial charge is 0.488 e. The first-order chi connectivity index (χ1) is 9.38. The minimum absolute atomic E-state index is 0.278. The van der Waals surface area contributed by atoms with E-state index in [4.69, 9.17) is 9.47 Å². The molecule has 0 aliphatic carbocycles. The molecule has 1 aromatic carbocycles. The molecule has 0 spiro atoms. The van der Waals surface area contributed by atoms with Crippen LogP contribution in [0.15, 0.2) is 24.3 Å². The first kappa shape index (κ1) is 12.9. The first-order valence-corrected chi connectivity index (χ1v) is 7.44. The van der Waals surface area contributed by atoms with Gasteiger partial charge >= 0.3 is 0 Å². The average Bonchev–Trinajstić information content (AvgIpc) is 2.89. The Morgan fingerprint density at radius 3 is 2.79 bits per heavy atom. The van der Waals surface area contributed by atoms with Gasteiger partial charge in [0.25, 0.3) is 0 Å². The monoisotopic (exact) mass is 261 g/mol. The summed E-state index contributed by atoms with van der Waals surface area (Å²) in [6.45, 7) is 4.96. The number of likely N-dealkylation sites (N-methyl/N-ethyl adjacent to an activating group) is 1. The molecule has 19 heavy (non-hydrogen) atoms. The minimum Gasteiger partial charge on any atom is -0.488 e. The molecule has 3 rings (SSSR count). The number of ether oxygens (including phenoxy) is 2. The van der Waals surface area contributed by atoms with Crippen molar-refractivity contribution in [2.24, 2.45) is 5.92 Å². The molecule has 0 saturated carbocycles. The Morgan fingerprint density at radius 2 is 2.05 bits per heavy atom. The van der Waals surface area contributed by atoms with E-state index in [-0.39, 0.29) is 6.10 Å². The molecule has 3 nitrogen and oxygen atoms in total. The van der Waals surface area contributed by atoms with Crippen molar-refractivity contribution in [2.45, 2.75) is 38.3 Å². The van der Waals surface area contributed by atoms with E-state index in [0.29, 0.717) is 12.0 Å². The van der Waals surface area contributed by atoms with E-state index in [2.05, 4.69) is 36.5 Å². The number of fused-ring (bicyclic) bond motifs is 1. The highest BCUT2D eigenvalue weighted by Gasteiger charge is 2.35. The summed E-state index contributed by atoms with van der Waals surface area (Å²) in [7, 11) is 0. The maximum absolute atomic E-state index is 6.17. The van der Waals surface area contributed by atoms with Crippen LogP contribution in [0.25, 0.3) is 0 Å². The zero-order chi connectivity index (χ0) is 13.1. The lowest BCUT2D eigenvalue weighted by Crippen LogP contribution is -2.49. The molecule has 0 radical (unpaired) electrons. The SMILES string of the molecule is CCNC(C1CCOCC1)C1Cc2ccccc2O1. The van der Waals surface area contributed by atoms with Gasteiger partial charge in [-0.3, -0.25) is 0 Å². The summed E-state index contributed by atoms with van der Waals surface area (Å²) in [5.74, 6) is 1.75. The number of benzene rings is 1. The van der Waals surface area contributed by atoms with Crippen LogP contribution >= 0.6 is 0 Å². The van der Waals surface area contributed by atoms with E-state index in [9.17, 15) is 0 Å². The van der Waals surface area contributed by atoms with Crippen molar-refractivity contribution in [1.82, 2.24) is 5.32 Å². The molecule has 0 bridgehead atoms. The topological polar surface area (TPSA) is 30.5 Å². The molecule has 2 atom stereocenters. The van der Waals surface area contributed by atoms with Gasteiger partial charge in [0, 0.05) is 25.7 Å². The summed E-state index contributed by atoms with van der Waals surface area (Å²) >= 11 is 0. The molecule has 2 aliphatic rings. The normalized spacial score (nSPS) is 24.8. The molecule has 3 heteroatoms. The second kappa shape index (κ2) is 5.93. The quantitative estimate of drug-likeness (QED) is 0.903. The fourth-order valence-corrected chi connectivity index (χ4v) is 3.32. The molecule has 104 valence electrons. The Morgan fingerprint density at radius 1 is 1.26 bits per heavy atom. The van der Waals surface area contributed by atoms with Gasteiger partial charge in [-0.05, 0) is 36.9 Å². The van der Waals surface area contributed by atoms with Crippen molar-refractivity contribution in [3.05, 3.63) is 29.8 Å². The molecule has 2 heterocycles. The van der Waals surface area contributed by atoms with E-state index in [1.165, 1.54) is 5.56 Å². The standard InChI is InChI=1S/C16H23NO2/c1-2-17-16(12-7-9-18-10-8-12)15-11-13-5-3-4-6-14(13)19-15/h3-6,12,15-17H,2,7-11H2,1H3. The highest BCUT2D eigenvalue weighted by atomic mass is 16.5. The van der Waals surface area contributed by atoms with Crippen LogP contribution < -0.4 is 10.1 Å². The Labute approximate surface area is 115 Å². The summed E-state index contributed by atoms with van der Waals surface area (Å²) < 4.78 is 11.7. The lowest BCUT2D eigenvalue weighted by molar-refractivity contribution is 0.0327. The predicted octanol–water partition coefficient (Wildman–Crippen LogP) is 2.39. The van der Waals surface area contributed by atoms with Crippen LogP contribution in [0.1, 0.15) is 25.3 Å². The van der Waals surface area contributed by atoms with Gasteiger partial charge in [0.15, 0.2) is 0 Å². The second-order valence-corrected chi connectivity index (χ2v) is 5.50. The van der Waals surface area contributed by atoms with Crippen LogP contribution in [0, 0.1) is 5.92 Å². The van der Waals surface area contributed by atoms with Gasteiger partial charge in [-0.15, -0.1) is 0 Å². The van der Waals surface area contributed by atoms with Crippen molar-refractivity contribution in [3.8, 4) is 5.75 Å². The maximum Gasteiger partial charge on any atom is 0.123 e. The molecule has 2 unspecified atom stereocenters. The second-order valence-electron chi connectivity index (χ2n) is 5.50. The van der Waals surface area contributed by atoms with Crippen molar-refractivity contribution < 1.29 is 9.47 Å². The highest BCUT2D eigenvalue weighted by molar-refractivity contribution is 5.37. The highest BCUT2D eigenvalue weighted by Crippen LogP contribution is 2.33. The maximum atomic E-state index is 6.17. The number of hydrogen-bond acceptors (Lipinski definition) is 3. The third-order valence-corrected chi connectivity index (χ3v) is 4.29. The van der Waals surface area contributed by atoms with E-state index in [0.717, 1.165) is 44.8 Å². The first-order valence-electron chi connectivity index (χ1n) is 7.44. The van der Waals surface area contributed by atoms with Gasteiger partial charge in [-0.25, -0.2) is 0 Å². The molecular weight excluding hydrogens is 238 g/mol. The van der Waals surface area contributed by atoms with Gasteiger partial charge < -0.3 is 14.8 Å². The Balaban J connectivity index is 1.71. The van der Waals surface area contributed by atoms with Crippen LogP contribution in [-0.4, -0.2) is 31.9 Å². The van der Waals surface area contributed by atoms with Crippen molar-refractivity contribution >= 4 is 0 Å². The number of nitrogens with one attached hydrogen (secondary N) is 1. The van der Waals surface area contributed by atoms with E-state index >= 15 is 0 Å². The van der Waals surface area contributed by atoms with E-state index in [1.54, 1.807) is 0 Å². The van der Waals surface area contributed by atoms with Crippen molar-refractivity contribution in [1.29, 1.82) is 0 Å². The van der Waals surface area contributed by atoms with E-state index in [1.807, 2.05) is 0 Å². The molecule has 2 aliphatic heterocycles. The van der Waals surface area contributed by atoms with Crippen molar-refractivity contribution in [3.63, 3.8) is 0 Å². The molecular formula is C16H23NO2. The minimum atomic E-state index is 0.278. The van der Waals surface area contributed by atoms with Gasteiger partial charge in [-0.1, -0.05) is 25.1 Å². The smallest absolute Gasteiger partial charge is 0.123 e. The van der Waals surface area contributed by atoms with Crippen LogP contribution in [0.4, 0.5) is 0 Å². The van der Waals surface area contributed by atoms with Crippen LogP contribution in [0.3, 0.4) is 0 Å². The molecule has 1 N–H and O–H groups in total. The third-order valence-electron chi connectivity index (χ3n) is 4.29. The fourth-order valence-electron chi connectivity index (χ4n) is 3.32. The number of hydrogen-bond donors (Lipinski definition) is 1. The molecule has 0 amide bonds. The Hall–Kier alpha value is -1.06. The van der Waals surface area contributed by atoms with Crippen LogP contribution in [0.5, 0.6) is 5.75 Å². The molecule has 1 fully saturated rings.